The number of amides is 2. The average Bonchev–Trinajstić information content (AvgIpc) is 2.90. The Labute approximate surface area is 205 Å². The zero-order valence-electron chi connectivity index (χ0n) is 19.5. The van der Waals surface area contributed by atoms with Crippen LogP contribution < -0.4 is 20.9 Å². The first kappa shape index (κ1) is 24.1. The highest BCUT2D eigenvalue weighted by Gasteiger charge is 2.18. The molecule has 0 aliphatic rings. The Morgan fingerprint density at radius 3 is 2.28 bits per heavy atom. The summed E-state index contributed by atoms with van der Waals surface area (Å²) in [7, 11) is 2.94. The van der Waals surface area contributed by atoms with Crippen molar-refractivity contribution in [2.75, 3.05) is 24.4 Å². The molecule has 10 heteroatoms. The van der Waals surface area contributed by atoms with Gasteiger partial charge in [0.1, 0.15) is 5.75 Å². The maximum absolute atomic E-state index is 12.6. The summed E-state index contributed by atoms with van der Waals surface area (Å²) >= 11 is 0. The predicted molar refractivity (Wildman–Crippen MR) is 133 cm³/mol. The van der Waals surface area contributed by atoms with Crippen LogP contribution in [0.1, 0.15) is 20.8 Å². The number of hydrogen-bond donors (Lipinski definition) is 2. The largest absolute Gasteiger partial charge is 0.495 e. The van der Waals surface area contributed by atoms with Gasteiger partial charge >= 0.3 is 5.97 Å². The van der Waals surface area contributed by atoms with E-state index in [0.29, 0.717) is 33.5 Å². The molecule has 182 valence electrons. The molecule has 2 amide bonds. The third kappa shape index (κ3) is 5.22. The number of ether oxygens (including phenoxy) is 2. The van der Waals surface area contributed by atoms with Gasteiger partial charge in [-0.25, -0.2) is 9.48 Å². The number of carbonyl (C=O) groups is 3. The van der Waals surface area contributed by atoms with E-state index in [1.54, 1.807) is 72.8 Å². The molecule has 1 heterocycles. The van der Waals surface area contributed by atoms with E-state index in [1.165, 1.54) is 14.2 Å². The second-order valence-electron chi connectivity index (χ2n) is 7.68. The number of fused-ring (bicyclic) bond motifs is 1. The van der Waals surface area contributed by atoms with Gasteiger partial charge in [-0.2, -0.15) is 5.10 Å². The molecule has 0 spiro atoms. The quantitative estimate of drug-likeness (QED) is 0.384. The average molecular weight is 486 g/mol. The Kier molecular flexibility index (Phi) is 7.05. The molecule has 36 heavy (non-hydrogen) atoms. The molecule has 10 nitrogen and oxygen atoms in total. The van der Waals surface area contributed by atoms with E-state index >= 15 is 0 Å². The fourth-order valence-electron chi connectivity index (χ4n) is 3.49. The third-order valence-corrected chi connectivity index (χ3v) is 5.27. The van der Waals surface area contributed by atoms with E-state index in [2.05, 4.69) is 15.7 Å². The van der Waals surface area contributed by atoms with Crippen molar-refractivity contribution in [1.82, 2.24) is 9.78 Å². The summed E-state index contributed by atoms with van der Waals surface area (Å²) in [5.74, 6) is -1.22. The molecule has 3 aromatic carbocycles. The monoisotopic (exact) mass is 486 g/mol. The minimum atomic E-state index is -0.833. The summed E-state index contributed by atoms with van der Waals surface area (Å²) < 4.78 is 11.4. The van der Waals surface area contributed by atoms with Gasteiger partial charge in [-0.3, -0.25) is 14.4 Å². The molecule has 0 aliphatic heterocycles. The Morgan fingerprint density at radius 2 is 1.56 bits per heavy atom. The Bertz CT molecular complexity index is 1510. The van der Waals surface area contributed by atoms with Crippen molar-refractivity contribution < 1.29 is 23.9 Å². The summed E-state index contributed by atoms with van der Waals surface area (Å²) in [6.45, 7) is -0.562. The van der Waals surface area contributed by atoms with Crippen LogP contribution in [-0.4, -0.2) is 41.3 Å². The van der Waals surface area contributed by atoms with E-state index in [4.69, 9.17) is 9.47 Å². The Morgan fingerprint density at radius 1 is 0.889 bits per heavy atom. The van der Waals surface area contributed by atoms with Gasteiger partial charge in [-0.05, 0) is 42.5 Å². The van der Waals surface area contributed by atoms with Gasteiger partial charge in [0.25, 0.3) is 17.4 Å². The topological polar surface area (TPSA) is 129 Å². The molecule has 4 aromatic rings. The van der Waals surface area contributed by atoms with Crippen LogP contribution in [0.2, 0.25) is 0 Å². The van der Waals surface area contributed by atoms with Crippen LogP contribution in [0.4, 0.5) is 11.4 Å². The van der Waals surface area contributed by atoms with Crippen LogP contribution in [0, 0.1) is 0 Å². The van der Waals surface area contributed by atoms with Crippen LogP contribution >= 0.6 is 0 Å². The number of esters is 1. The van der Waals surface area contributed by atoms with Crippen LogP contribution in [0.3, 0.4) is 0 Å². The van der Waals surface area contributed by atoms with E-state index in [1.807, 2.05) is 0 Å². The van der Waals surface area contributed by atoms with Crippen molar-refractivity contribution in [3.8, 4) is 5.75 Å². The number of anilines is 2. The Balaban J connectivity index is 1.36. The van der Waals surface area contributed by atoms with Crippen molar-refractivity contribution in [2.24, 2.45) is 7.05 Å². The number of para-hydroxylation sites is 2. The number of nitrogens with one attached hydrogen (secondary N) is 2. The second kappa shape index (κ2) is 10.5. The minimum Gasteiger partial charge on any atom is -0.495 e. The molecule has 2 N–H and O–H groups in total. The van der Waals surface area contributed by atoms with Crippen molar-refractivity contribution in [1.29, 1.82) is 0 Å². The first-order chi connectivity index (χ1) is 17.4. The fraction of sp³-hybridized carbons (Fsp3) is 0.115. The van der Waals surface area contributed by atoms with Gasteiger partial charge < -0.3 is 20.1 Å². The van der Waals surface area contributed by atoms with Crippen molar-refractivity contribution in [3.63, 3.8) is 0 Å². The number of aromatic nitrogens is 2. The normalized spacial score (nSPS) is 10.5. The highest BCUT2D eigenvalue weighted by molar-refractivity contribution is 6.06. The number of carbonyl (C=O) groups excluding carboxylic acids is 3. The zero-order chi connectivity index (χ0) is 25.7. The van der Waals surface area contributed by atoms with Gasteiger partial charge in [-0.1, -0.05) is 30.3 Å². The van der Waals surface area contributed by atoms with Gasteiger partial charge in [0.05, 0.1) is 18.2 Å². The molecule has 1 aromatic heterocycles. The number of rotatable bonds is 7. The second-order valence-corrected chi connectivity index (χ2v) is 7.68. The molecular formula is C26H22N4O6. The van der Waals surface area contributed by atoms with Gasteiger partial charge in [0.15, 0.2) is 12.3 Å². The third-order valence-electron chi connectivity index (χ3n) is 5.27. The minimum absolute atomic E-state index is 0.0640. The predicted octanol–water partition coefficient (Wildman–Crippen LogP) is 2.99. The lowest BCUT2D eigenvalue weighted by molar-refractivity contribution is -0.119. The number of methoxy groups -OCH3 is 1. The highest BCUT2D eigenvalue weighted by atomic mass is 16.5. The van der Waals surface area contributed by atoms with Crippen molar-refractivity contribution in [3.05, 3.63) is 94.4 Å². The number of benzene rings is 3. The van der Waals surface area contributed by atoms with E-state index in [-0.39, 0.29) is 17.2 Å². The summed E-state index contributed by atoms with van der Waals surface area (Å²) in [6, 6.07) is 19.8. The molecule has 0 saturated carbocycles. The summed E-state index contributed by atoms with van der Waals surface area (Å²) in [5, 5.41) is 10.0. The Hall–Kier alpha value is -4.99. The lowest BCUT2D eigenvalue weighted by Crippen LogP contribution is -2.26. The first-order valence-corrected chi connectivity index (χ1v) is 10.8. The van der Waals surface area contributed by atoms with Crippen molar-refractivity contribution in [2.45, 2.75) is 0 Å². The smallest absolute Gasteiger partial charge is 0.359 e. The molecule has 0 atom stereocenters. The number of aryl methyl sites for hydroxylation is 1. The summed E-state index contributed by atoms with van der Waals surface area (Å²) in [6.07, 6.45) is 0. The van der Waals surface area contributed by atoms with Crippen LogP contribution in [0.25, 0.3) is 10.8 Å². The maximum atomic E-state index is 12.6. The fourth-order valence-corrected chi connectivity index (χ4v) is 3.49. The number of nitrogens with zero attached hydrogens (tertiary/aromatic N) is 2. The molecule has 0 radical (unpaired) electrons. The van der Waals surface area contributed by atoms with Gasteiger partial charge in [0.2, 0.25) is 0 Å². The van der Waals surface area contributed by atoms with Crippen LogP contribution in [-0.2, 0) is 16.6 Å². The highest BCUT2D eigenvalue weighted by Crippen LogP contribution is 2.24. The van der Waals surface area contributed by atoms with Crippen molar-refractivity contribution >= 4 is 39.9 Å². The van der Waals surface area contributed by atoms with E-state index in [9.17, 15) is 19.2 Å². The molecule has 0 aliphatic carbocycles. The SMILES string of the molecule is COc1ccccc1NC(=O)c1ccc(NC(=O)COC(=O)c2nn(C)c(=O)c3ccccc23)cc1. The van der Waals surface area contributed by atoms with E-state index in [0.717, 1.165) is 4.68 Å². The summed E-state index contributed by atoms with van der Waals surface area (Å²) in [5.41, 5.74) is 0.907. The molecule has 0 unspecified atom stereocenters. The molecule has 0 bridgehead atoms. The molecule has 0 fully saturated rings. The lowest BCUT2D eigenvalue weighted by Gasteiger charge is -2.11. The first-order valence-electron chi connectivity index (χ1n) is 10.8. The zero-order valence-corrected chi connectivity index (χ0v) is 19.5. The standard InChI is InChI=1S/C26H22N4O6/c1-30-25(33)19-8-4-3-7-18(19)23(29-30)26(34)36-15-22(31)27-17-13-11-16(12-14-17)24(32)28-20-9-5-6-10-21(20)35-2/h3-14H,15H2,1-2H3,(H,27,31)(H,28,32). The van der Waals surface area contributed by atoms with Gasteiger partial charge in [0, 0.05) is 23.7 Å². The molecular weight excluding hydrogens is 464 g/mol. The number of hydrogen-bond acceptors (Lipinski definition) is 7. The molecule has 4 rings (SSSR count). The molecule has 0 saturated heterocycles. The van der Waals surface area contributed by atoms with E-state index < -0.39 is 18.5 Å². The van der Waals surface area contributed by atoms with Crippen LogP contribution in [0.5, 0.6) is 5.75 Å². The van der Waals surface area contributed by atoms with Crippen LogP contribution in [0.15, 0.2) is 77.6 Å². The summed E-state index contributed by atoms with van der Waals surface area (Å²) in [4.78, 5) is 49.6. The van der Waals surface area contributed by atoms with Gasteiger partial charge in [-0.15, -0.1) is 0 Å². The lowest BCUT2D eigenvalue weighted by atomic mass is 10.1. The maximum Gasteiger partial charge on any atom is 0.359 e.